The van der Waals surface area contributed by atoms with Gasteiger partial charge in [-0.1, -0.05) is 26.8 Å². The first kappa shape index (κ1) is 18.3. The predicted octanol–water partition coefficient (Wildman–Crippen LogP) is 4.06. The molecule has 120 valence electrons. The van der Waals surface area contributed by atoms with Crippen LogP contribution in [0.4, 0.5) is 13.2 Å². The molecule has 2 unspecified atom stereocenters. The van der Waals surface area contributed by atoms with Crippen molar-refractivity contribution in [2.24, 2.45) is 0 Å². The summed E-state index contributed by atoms with van der Waals surface area (Å²) >= 11 is 1.05. The van der Waals surface area contributed by atoms with E-state index in [9.17, 15) is 18.3 Å². The van der Waals surface area contributed by atoms with Gasteiger partial charge in [-0.05, 0) is 24.6 Å². The first-order valence-electron chi connectivity index (χ1n) is 6.89. The molecule has 0 aromatic heterocycles. The summed E-state index contributed by atoms with van der Waals surface area (Å²) in [5.74, 6) is 0. The summed E-state index contributed by atoms with van der Waals surface area (Å²) in [6.45, 7) is 7.58. The number of rotatable bonds is 6. The Balaban J connectivity index is 3.03. The van der Waals surface area contributed by atoms with Crippen molar-refractivity contribution in [2.45, 2.75) is 62.7 Å². The van der Waals surface area contributed by atoms with Gasteiger partial charge < -0.3 is 10.4 Å². The average Bonchev–Trinajstić information content (AvgIpc) is 2.35. The van der Waals surface area contributed by atoms with Gasteiger partial charge in [0, 0.05) is 22.7 Å². The SMILES string of the molecule is CC(C)NCc1ccc(SC(C)C(C)O)c(C(F)(F)F)c1. The zero-order chi connectivity index (χ0) is 16.2. The van der Waals surface area contributed by atoms with E-state index in [-0.39, 0.29) is 16.2 Å². The Morgan fingerprint density at radius 1 is 1.19 bits per heavy atom. The summed E-state index contributed by atoms with van der Waals surface area (Å²) in [4.78, 5) is 0.157. The Morgan fingerprint density at radius 3 is 2.29 bits per heavy atom. The van der Waals surface area contributed by atoms with Crippen LogP contribution < -0.4 is 5.32 Å². The minimum Gasteiger partial charge on any atom is -0.392 e. The van der Waals surface area contributed by atoms with Crippen molar-refractivity contribution in [1.29, 1.82) is 0 Å². The van der Waals surface area contributed by atoms with Gasteiger partial charge in [0.1, 0.15) is 0 Å². The molecule has 0 aliphatic carbocycles. The molecule has 6 heteroatoms. The molecular weight excluding hydrogens is 299 g/mol. The van der Waals surface area contributed by atoms with Crippen molar-refractivity contribution in [3.8, 4) is 0 Å². The third-order valence-electron chi connectivity index (χ3n) is 3.06. The Morgan fingerprint density at radius 2 is 1.81 bits per heavy atom. The standard InChI is InChI=1S/C15H22F3NOS/c1-9(2)19-8-12-5-6-14(21-11(4)10(3)20)13(7-12)15(16,17)18/h5-7,9-11,19-20H,8H2,1-4H3. The molecule has 2 nitrogen and oxygen atoms in total. The molecule has 0 aliphatic rings. The maximum atomic E-state index is 13.2. The van der Waals surface area contributed by atoms with Crippen molar-refractivity contribution in [2.75, 3.05) is 0 Å². The molecule has 0 amide bonds. The molecule has 0 saturated carbocycles. The van der Waals surface area contributed by atoms with Crippen LogP contribution in [0.3, 0.4) is 0 Å². The molecular formula is C15H22F3NOS. The minimum absolute atomic E-state index is 0.157. The molecule has 1 aromatic carbocycles. The van der Waals surface area contributed by atoms with Gasteiger partial charge in [-0.2, -0.15) is 13.2 Å². The number of aliphatic hydroxyl groups is 1. The molecule has 21 heavy (non-hydrogen) atoms. The van der Waals surface area contributed by atoms with E-state index in [2.05, 4.69) is 5.32 Å². The third-order valence-corrected chi connectivity index (χ3v) is 4.43. The Hall–Kier alpha value is -0.720. The van der Waals surface area contributed by atoms with E-state index in [0.29, 0.717) is 12.1 Å². The van der Waals surface area contributed by atoms with Crippen molar-refractivity contribution in [1.82, 2.24) is 5.32 Å². The van der Waals surface area contributed by atoms with Crippen LogP contribution in [0.25, 0.3) is 0 Å². The van der Waals surface area contributed by atoms with Crippen LogP contribution in [-0.4, -0.2) is 22.5 Å². The average molecular weight is 321 g/mol. The first-order chi connectivity index (χ1) is 9.61. The fraction of sp³-hybridized carbons (Fsp3) is 0.600. The van der Waals surface area contributed by atoms with E-state index >= 15 is 0 Å². The van der Waals surface area contributed by atoms with Crippen LogP contribution in [0.15, 0.2) is 23.1 Å². The number of nitrogens with one attached hydrogen (secondary N) is 1. The van der Waals surface area contributed by atoms with Crippen LogP contribution in [0.1, 0.15) is 38.8 Å². The summed E-state index contributed by atoms with van der Waals surface area (Å²) in [6, 6.07) is 4.58. The van der Waals surface area contributed by atoms with Crippen molar-refractivity contribution < 1.29 is 18.3 Å². The number of alkyl halides is 3. The molecule has 0 radical (unpaired) electrons. The molecule has 1 aromatic rings. The van der Waals surface area contributed by atoms with E-state index in [1.807, 2.05) is 13.8 Å². The van der Waals surface area contributed by atoms with Crippen molar-refractivity contribution >= 4 is 11.8 Å². The highest BCUT2D eigenvalue weighted by Crippen LogP contribution is 2.39. The number of hydrogen-bond donors (Lipinski definition) is 2. The quantitative estimate of drug-likeness (QED) is 0.775. The first-order valence-corrected chi connectivity index (χ1v) is 7.77. The molecule has 2 N–H and O–H groups in total. The van der Waals surface area contributed by atoms with Crippen LogP contribution >= 0.6 is 11.8 Å². The molecule has 0 saturated heterocycles. The Labute approximate surface area is 128 Å². The topological polar surface area (TPSA) is 32.3 Å². The van der Waals surface area contributed by atoms with Gasteiger partial charge in [0.05, 0.1) is 11.7 Å². The van der Waals surface area contributed by atoms with Gasteiger partial charge in [-0.15, -0.1) is 11.8 Å². The van der Waals surface area contributed by atoms with Gasteiger partial charge in [0.2, 0.25) is 0 Å². The number of halogens is 3. The van der Waals surface area contributed by atoms with E-state index in [0.717, 1.165) is 11.8 Å². The summed E-state index contributed by atoms with van der Waals surface area (Å²) in [5, 5.41) is 12.3. The molecule has 0 heterocycles. The van der Waals surface area contributed by atoms with E-state index in [1.54, 1.807) is 19.9 Å². The minimum atomic E-state index is -4.39. The second kappa shape index (κ2) is 7.51. The summed E-state index contributed by atoms with van der Waals surface area (Å²) < 4.78 is 39.5. The number of hydrogen-bond acceptors (Lipinski definition) is 3. The van der Waals surface area contributed by atoms with Crippen molar-refractivity contribution in [3.63, 3.8) is 0 Å². The second-order valence-corrected chi connectivity index (χ2v) is 6.85. The number of aliphatic hydroxyl groups excluding tert-OH is 1. The zero-order valence-corrected chi connectivity index (χ0v) is 13.5. The van der Waals surface area contributed by atoms with E-state index in [4.69, 9.17) is 0 Å². The van der Waals surface area contributed by atoms with Gasteiger partial charge >= 0.3 is 6.18 Å². The smallest absolute Gasteiger partial charge is 0.392 e. The largest absolute Gasteiger partial charge is 0.417 e. The zero-order valence-electron chi connectivity index (χ0n) is 12.7. The molecule has 0 fully saturated rings. The van der Waals surface area contributed by atoms with Crippen LogP contribution in [0, 0.1) is 0 Å². The molecule has 1 rings (SSSR count). The molecule has 2 atom stereocenters. The van der Waals surface area contributed by atoms with E-state index < -0.39 is 17.8 Å². The lowest BCUT2D eigenvalue weighted by Crippen LogP contribution is -2.22. The second-order valence-electron chi connectivity index (χ2n) is 5.43. The number of benzene rings is 1. The van der Waals surface area contributed by atoms with Crippen LogP contribution in [0.2, 0.25) is 0 Å². The Kier molecular flexibility index (Phi) is 6.56. The lowest BCUT2D eigenvalue weighted by molar-refractivity contribution is -0.139. The highest BCUT2D eigenvalue weighted by Gasteiger charge is 2.34. The third kappa shape index (κ3) is 5.88. The maximum Gasteiger partial charge on any atom is 0.417 e. The normalized spacial score (nSPS) is 15.3. The number of thioether (sulfide) groups is 1. The van der Waals surface area contributed by atoms with Gasteiger partial charge in [-0.3, -0.25) is 0 Å². The molecule has 0 bridgehead atoms. The molecule has 0 aliphatic heterocycles. The van der Waals surface area contributed by atoms with Gasteiger partial charge in [0.15, 0.2) is 0 Å². The van der Waals surface area contributed by atoms with Crippen LogP contribution in [0.5, 0.6) is 0 Å². The lowest BCUT2D eigenvalue weighted by Gasteiger charge is -2.19. The maximum absolute atomic E-state index is 13.2. The lowest BCUT2D eigenvalue weighted by atomic mass is 10.1. The monoisotopic (exact) mass is 321 g/mol. The van der Waals surface area contributed by atoms with Crippen LogP contribution in [-0.2, 0) is 12.7 Å². The Bertz CT molecular complexity index is 461. The summed E-state index contributed by atoms with van der Waals surface area (Å²) in [6.07, 6.45) is -5.06. The molecule has 0 spiro atoms. The van der Waals surface area contributed by atoms with Crippen molar-refractivity contribution in [3.05, 3.63) is 29.3 Å². The predicted molar refractivity (Wildman–Crippen MR) is 80.4 cm³/mol. The van der Waals surface area contributed by atoms with Gasteiger partial charge in [0.25, 0.3) is 0 Å². The summed E-state index contributed by atoms with van der Waals surface area (Å²) in [7, 11) is 0. The van der Waals surface area contributed by atoms with E-state index in [1.165, 1.54) is 12.1 Å². The fourth-order valence-electron chi connectivity index (χ4n) is 1.63. The highest BCUT2D eigenvalue weighted by atomic mass is 32.2. The van der Waals surface area contributed by atoms with Gasteiger partial charge in [-0.25, -0.2) is 0 Å². The highest BCUT2D eigenvalue weighted by molar-refractivity contribution is 8.00. The fourth-order valence-corrected chi connectivity index (χ4v) is 2.68. The summed E-state index contributed by atoms with van der Waals surface area (Å²) in [5.41, 5.74) is -0.0341.